The summed E-state index contributed by atoms with van der Waals surface area (Å²) >= 11 is 0. The van der Waals surface area contributed by atoms with Crippen LogP contribution in [0.1, 0.15) is 53.1 Å². The van der Waals surface area contributed by atoms with Crippen LogP contribution in [-0.2, 0) is 34.7 Å². The van der Waals surface area contributed by atoms with Gasteiger partial charge in [0.05, 0.1) is 28.3 Å². The van der Waals surface area contributed by atoms with Crippen LogP contribution in [0.25, 0.3) is 0 Å². The minimum atomic E-state index is -5.35. The molecule has 15 heteroatoms. The Labute approximate surface area is 247 Å². The molecular weight excluding hydrogens is 634 g/mol. The summed E-state index contributed by atoms with van der Waals surface area (Å²) in [7, 11) is -3.24. The van der Waals surface area contributed by atoms with Crippen molar-refractivity contribution in [3.05, 3.63) is 94.2 Å². The first kappa shape index (κ1) is 35.5. The predicted octanol–water partition coefficient (Wildman–Crippen LogP) is 10.4. The van der Waals surface area contributed by atoms with Crippen molar-refractivity contribution in [3.8, 4) is 0 Å². The molecule has 2 aromatic carbocycles. The van der Waals surface area contributed by atoms with Gasteiger partial charge < -0.3 is 9.33 Å². The first-order valence-corrected chi connectivity index (χ1v) is 16.7. The zero-order valence-electron chi connectivity index (χ0n) is 23.9. The number of alkyl halides is 12. The molecule has 0 N–H and O–H groups in total. The highest BCUT2D eigenvalue weighted by molar-refractivity contribution is 6.69. The van der Waals surface area contributed by atoms with Crippen LogP contribution in [0.5, 0.6) is 0 Å². The van der Waals surface area contributed by atoms with Crippen molar-refractivity contribution in [1.29, 1.82) is 0 Å². The maximum atomic E-state index is 14.0. The van der Waals surface area contributed by atoms with E-state index >= 15 is 0 Å². The van der Waals surface area contributed by atoms with E-state index in [2.05, 4.69) is 0 Å². The van der Waals surface area contributed by atoms with E-state index in [1.807, 2.05) is 0 Å². The summed E-state index contributed by atoms with van der Waals surface area (Å²) in [5.74, 6) is 0. The first-order chi connectivity index (χ1) is 19.9. The van der Waals surface area contributed by atoms with Gasteiger partial charge in [-0.25, -0.2) is 0 Å². The average molecular weight is 664 g/mol. The van der Waals surface area contributed by atoms with Crippen LogP contribution in [0.3, 0.4) is 0 Å². The van der Waals surface area contributed by atoms with Gasteiger partial charge in [-0.3, -0.25) is 0 Å². The summed E-state index contributed by atoms with van der Waals surface area (Å²) in [5.41, 5.74) is -11.5. The fraction of sp³-hybridized carbons (Fsp3) is 0.448. The molecule has 0 bridgehead atoms. The molecule has 1 aliphatic heterocycles. The molecule has 0 aromatic heterocycles. The van der Waals surface area contributed by atoms with Crippen molar-refractivity contribution < 1.29 is 57.1 Å². The number of hydrogen-bond donors (Lipinski definition) is 0. The quantitative estimate of drug-likeness (QED) is 0.166. The number of halogens is 12. The molecule has 0 spiro atoms. The summed E-state index contributed by atoms with van der Waals surface area (Å²) in [4.78, 5) is 1.46. The minimum absolute atomic E-state index is 0.0418. The molecule has 44 heavy (non-hydrogen) atoms. The Morgan fingerprint density at radius 2 is 1.00 bits per heavy atom. The number of allylic oxidation sites excluding steroid dienone is 3. The Bertz CT molecular complexity index is 1240. The highest BCUT2D eigenvalue weighted by atomic mass is 28.4. The molecule has 1 heterocycles. The molecule has 1 fully saturated rings. The number of rotatable bonds is 7. The van der Waals surface area contributed by atoms with Gasteiger partial charge in [0.1, 0.15) is 5.60 Å². The van der Waals surface area contributed by atoms with Crippen molar-refractivity contribution in [2.75, 3.05) is 6.54 Å². The van der Waals surface area contributed by atoms with Crippen molar-refractivity contribution in [2.24, 2.45) is 0 Å². The maximum absolute atomic E-state index is 14.0. The van der Waals surface area contributed by atoms with Crippen LogP contribution in [0, 0.1) is 0 Å². The fourth-order valence-corrected chi connectivity index (χ4v) is 6.57. The molecule has 0 amide bonds. The largest absolute Gasteiger partial charge is 0.416 e. The van der Waals surface area contributed by atoms with E-state index in [-0.39, 0.29) is 31.5 Å². The molecular formula is C29H29F12NOSi. The van der Waals surface area contributed by atoms with Gasteiger partial charge >= 0.3 is 24.7 Å². The van der Waals surface area contributed by atoms with Gasteiger partial charge in [-0.15, -0.1) is 0 Å². The number of benzene rings is 2. The highest BCUT2D eigenvalue weighted by Crippen LogP contribution is 2.50. The van der Waals surface area contributed by atoms with E-state index in [1.165, 1.54) is 36.8 Å². The van der Waals surface area contributed by atoms with Gasteiger partial charge in [-0.05, 0) is 99.2 Å². The van der Waals surface area contributed by atoms with E-state index < -0.39 is 78.0 Å². The number of hydrogen-bond acceptors (Lipinski definition) is 2. The Balaban J connectivity index is 2.63. The third-order valence-corrected chi connectivity index (χ3v) is 7.78. The number of likely N-dealkylation sites (tertiary alicyclic amines) is 1. The highest BCUT2D eigenvalue weighted by Gasteiger charge is 2.53. The van der Waals surface area contributed by atoms with Crippen LogP contribution >= 0.6 is 0 Å². The van der Waals surface area contributed by atoms with Gasteiger partial charge in [-0.1, -0.05) is 12.2 Å². The summed E-state index contributed by atoms with van der Waals surface area (Å²) in [6.07, 6.45) is -15.1. The normalized spacial score (nSPS) is 17.8. The summed E-state index contributed by atoms with van der Waals surface area (Å²) in [6.45, 7) is 6.24. The molecule has 0 radical (unpaired) electrons. The lowest BCUT2D eigenvalue weighted by Crippen LogP contribution is -2.53. The summed E-state index contributed by atoms with van der Waals surface area (Å²) in [6, 6.07) is -0.359. The van der Waals surface area contributed by atoms with Gasteiger partial charge in [-0.2, -0.15) is 52.7 Å². The maximum Gasteiger partial charge on any atom is 0.416 e. The molecule has 3 rings (SSSR count). The lowest BCUT2D eigenvalue weighted by Gasteiger charge is -2.47. The zero-order valence-corrected chi connectivity index (χ0v) is 24.9. The second-order valence-electron chi connectivity index (χ2n) is 11.3. The van der Waals surface area contributed by atoms with Gasteiger partial charge in [0.2, 0.25) is 0 Å². The summed E-state index contributed by atoms with van der Waals surface area (Å²) in [5, 5.41) is 0. The molecule has 2 nitrogen and oxygen atoms in total. The van der Waals surface area contributed by atoms with Crippen molar-refractivity contribution in [3.63, 3.8) is 0 Å². The summed E-state index contributed by atoms with van der Waals surface area (Å²) < 4.78 is 175. The Hall–Kier alpha value is -2.94. The van der Waals surface area contributed by atoms with Crippen LogP contribution in [-0.4, -0.2) is 25.8 Å². The Kier molecular flexibility index (Phi) is 9.77. The fourth-order valence-electron chi connectivity index (χ4n) is 5.23. The molecule has 0 unspecified atom stereocenters. The standard InChI is InChI=1S/C29H29F12NOSi/c1-5-6-7-10-42-11-8-9-24(42)25(43-44(2,3)4,18-12-20(26(30,31)32)16-21(13-18)27(33,34)35)19-14-22(28(36,37)38)17-23(15-19)29(39,40)41/h5-7,10,12-17,24H,8-9,11H2,1-4H3/b6-5+,10-7+/t24-/m0/s1. The molecule has 2 aromatic rings. The Morgan fingerprint density at radius 3 is 1.32 bits per heavy atom. The van der Waals surface area contributed by atoms with E-state index in [0.29, 0.717) is 24.3 Å². The van der Waals surface area contributed by atoms with Crippen LogP contribution in [0.15, 0.2) is 60.8 Å². The number of nitrogens with zero attached hydrogens (tertiary/aromatic N) is 1. The third kappa shape index (κ3) is 8.01. The third-order valence-electron chi connectivity index (χ3n) is 6.84. The molecule has 1 saturated heterocycles. The lowest BCUT2D eigenvalue weighted by molar-refractivity contribution is -0.144. The molecule has 244 valence electrons. The smallest absolute Gasteiger partial charge is 0.402 e. The zero-order chi connectivity index (χ0) is 33.5. The first-order valence-electron chi connectivity index (χ1n) is 13.2. The van der Waals surface area contributed by atoms with Crippen molar-refractivity contribution in [1.82, 2.24) is 4.90 Å². The monoisotopic (exact) mass is 663 g/mol. The van der Waals surface area contributed by atoms with E-state index in [0.717, 1.165) is 0 Å². The molecule has 0 saturated carbocycles. The average Bonchev–Trinajstić information content (AvgIpc) is 3.33. The predicted molar refractivity (Wildman–Crippen MR) is 142 cm³/mol. The van der Waals surface area contributed by atoms with E-state index in [1.54, 1.807) is 19.1 Å². The molecule has 0 aliphatic carbocycles. The molecule has 1 aliphatic rings. The van der Waals surface area contributed by atoms with Gasteiger partial charge in [0.15, 0.2) is 8.32 Å². The van der Waals surface area contributed by atoms with Crippen LogP contribution < -0.4 is 0 Å². The van der Waals surface area contributed by atoms with E-state index in [9.17, 15) is 52.7 Å². The van der Waals surface area contributed by atoms with Crippen molar-refractivity contribution >= 4 is 8.32 Å². The second-order valence-corrected chi connectivity index (χ2v) is 15.7. The van der Waals surface area contributed by atoms with Crippen LogP contribution in [0.4, 0.5) is 52.7 Å². The minimum Gasteiger partial charge on any atom is -0.402 e. The Morgan fingerprint density at radius 1 is 0.636 bits per heavy atom. The second kappa shape index (κ2) is 12.1. The van der Waals surface area contributed by atoms with E-state index in [4.69, 9.17) is 4.43 Å². The van der Waals surface area contributed by atoms with Gasteiger partial charge in [0, 0.05) is 6.54 Å². The van der Waals surface area contributed by atoms with Crippen molar-refractivity contribution in [2.45, 2.75) is 75.8 Å². The lowest BCUT2D eigenvalue weighted by atomic mass is 9.76. The topological polar surface area (TPSA) is 12.5 Å². The SMILES string of the molecule is C/C=C/C=C/N1CCC[C@H]1C(O[Si](C)(C)C)(c1cc(C(F)(F)F)cc(C(F)(F)F)c1)c1cc(C(F)(F)F)cc(C(F)(F)F)c1. The van der Waals surface area contributed by atoms with Gasteiger partial charge in [0.25, 0.3) is 0 Å². The van der Waals surface area contributed by atoms with Crippen LogP contribution in [0.2, 0.25) is 19.6 Å². The molecule has 1 atom stereocenters.